The van der Waals surface area contributed by atoms with E-state index in [4.69, 9.17) is 57.8 Å². The summed E-state index contributed by atoms with van der Waals surface area (Å²) < 4.78 is 59.8. The molecule has 0 fully saturated rings. The quantitative estimate of drug-likeness (QED) is 0.116. The van der Waals surface area contributed by atoms with Crippen molar-refractivity contribution < 1.29 is 52.1 Å². The summed E-state index contributed by atoms with van der Waals surface area (Å²) in [6.45, 7) is 12.3. The molecular weight excluding hydrogens is 538 g/mol. The van der Waals surface area contributed by atoms with Crippen LogP contribution in [0.15, 0.2) is 30.3 Å². The van der Waals surface area contributed by atoms with E-state index in [1.165, 1.54) is 0 Å². The molecule has 0 aliphatic carbocycles. The number of rotatable bonds is 34. The Morgan fingerprint density at radius 1 is 0.317 bits per heavy atom. The number of hydrogen-bond acceptors (Lipinski definition) is 12. The van der Waals surface area contributed by atoms with Gasteiger partial charge in [0.15, 0.2) is 0 Å². The van der Waals surface area contributed by atoms with Crippen LogP contribution in [0.25, 0.3) is 0 Å². The molecule has 0 saturated heterocycles. The van der Waals surface area contributed by atoms with Crippen LogP contribution in [0.2, 0.25) is 0 Å². The zero-order chi connectivity index (χ0) is 29.2. The van der Waals surface area contributed by atoms with E-state index >= 15 is 0 Å². The standard InChI is InChI=1S/C29H53NO11/c30-6-7-31-8-9-32-10-11-33-12-13-34-14-15-35-16-17-36-18-19-37-20-21-38-22-23-39-24-25-40-26-27-41-28-29-4-2-1-3-5-29/h1-5H,6-28,30H2. The smallest absolute Gasteiger partial charge is 0.0718 e. The second kappa shape index (κ2) is 33.2. The Morgan fingerprint density at radius 3 is 0.829 bits per heavy atom. The Bertz CT molecular complexity index is 616. The first-order valence-electron chi connectivity index (χ1n) is 14.5. The third kappa shape index (κ3) is 30.0. The van der Waals surface area contributed by atoms with Crippen molar-refractivity contribution in [2.45, 2.75) is 6.61 Å². The van der Waals surface area contributed by atoms with Crippen LogP contribution in [0.4, 0.5) is 0 Å². The molecule has 0 spiro atoms. The first-order chi connectivity index (χ1) is 20.4. The highest BCUT2D eigenvalue weighted by molar-refractivity contribution is 5.13. The van der Waals surface area contributed by atoms with Gasteiger partial charge in [-0.2, -0.15) is 0 Å². The average molecular weight is 592 g/mol. The molecule has 0 saturated carbocycles. The first kappa shape index (κ1) is 37.8. The summed E-state index contributed by atoms with van der Waals surface area (Å²) in [4.78, 5) is 0. The van der Waals surface area contributed by atoms with Gasteiger partial charge in [-0.25, -0.2) is 0 Å². The van der Waals surface area contributed by atoms with E-state index in [1.54, 1.807) is 0 Å². The Morgan fingerprint density at radius 2 is 0.561 bits per heavy atom. The molecule has 0 radical (unpaired) electrons. The van der Waals surface area contributed by atoms with Crippen molar-refractivity contribution in [1.29, 1.82) is 0 Å². The molecule has 1 aromatic carbocycles. The molecule has 240 valence electrons. The highest BCUT2D eigenvalue weighted by Crippen LogP contribution is 2.00. The fraction of sp³-hybridized carbons (Fsp3) is 0.793. The number of benzene rings is 1. The van der Waals surface area contributed by atoms with E-state index in [-0.39, 0.29) is 0 Å². The molecule has 1 aromatic rings. The van der Waals surface area contributed by atoms with Gasteiger partial charge in [0.25, 0.3) is 0 Å². The highest BCUT2D eigenvalue weighted by atomic mass is 16.6. The van der Waals surface area contributed by atoms with Crippen molar-refractivity contribution in [3.8, 4) is 0 Å². The Kier molecular flexibility index (Phi) is 30.6. The molecule has 2 N–H and O–H groups in total. The van der Waals surface area contributed by atoms with Gasteiger partial charge in [-0.05, 0) is 5.56 Å². The van der Waals surface area contributed by atoms with Crippen LogP contribution >= 0.6 is 0 Å². The maximum absolute atomic E-state index is 5.56. The fourth-order valence-corrected chi connectivity index (χ4v) is 3.05. The summed E-state index contributed by atoms with van der Waals surface area (Å²) in [5.41, 5.74) is 6.49. The molecule has 0 aliphatic heterocycles. The van der Waals surface area contributed by atoms with Crippen molar-refractivity contribution in [1.82, 2.24) is 0 Å². The lowest BCUT2D eigenvalue weighted by atomic mass is 10.2. The summed E-state index contributed by atoms with van der Waals surface area (Å²) in [6, 6.07) is 10.1. The van der Waals surface area contributed by atoms with Gasteiger partial charge in [0.2, 0.25) is 0 Å². The summed E-state index contributed by atoms with van der Waals surface area (Å²) in [7, 11) is 0. The minimum atomic E-state index is 0.516. The van der Waals surface area contributed by atoms with Crippen molar-refractivity contribution in [2.75, 3.05) is 145 Å². The van der Waals surface area contributed by atoms with E-state index in [0.29, 0.717) is 152 Å². The van der Waals surface area contributed by atoms with Gasteiger partial charge in [0.1, 0.15) is 0 Å². The first-order valence-corrected chi connectivity index (χ1v) is 14.5. The van der Waals surface area contributed by atoms with Crippen LogP contribution in [0, 0.1) is 0 Å². The predicted octanol–water partition coefficient (Wildman–Crippen LogP) is 1.33. The average Bonchev–Trinajstić information content (AvgIpc) is 3.00. The molecule has 0 aliphatic rings. The minimum Gasteiger partial charge on any atom is -0.378 e. The molecule has 12 heteroatoms. The minimum absolute atomic E-state index is 0.516. The van der Waals surface area contributed by atoms with Crippen molar-refractivity contribution in [3.05, 3.63) is 35.9 Å². The highest BCUT2D eigenvalue weighted by Gasteiger charge is 1.96. The molecule has 0 aromatic heterocycles. The van der Waals surface area contributed by atoms with E-state index in [0.717, 1.165) is 5.56 Å². The van der Waals surface area contributed by atoms with E-state index < -0.39 is 0 Å². The Labute approximate surface area is 245 Å². The fourth-order valence-electron chi connectivity index (χ4n) is 3.05. The summed E-state index contributed by atoms with van der Waals surface area (Å²) in [6.07, 6.45) is 0. The maximum atomic E-state index is 5.56. The summed E-state index contributed by atoms with van der Waals surface area (Å²) >= 11 is 0. The third-order valence-corrected chi connectivity index (χ3v) is 5.09. The van der Waals surface area contributed by atoms with Crippen LogP contribution in [0.3, 0.4) is 0 Å². The molecule has 0 amide bonds. The second-order valence-electron chi connectivity index (χ2n) is 8.45. The Hall–Kier alpha value is -1.26. The lowest BCUT2D eigenvalue weighted by Gasteiger charge is -2.09. The lowest BCUT2D eigenvalue weighted by molar-refractivity contribution is -0.0276. The lowest BCUT2D eigenvalue weighted by Crippen LogP contribution is -2.15. The van der Waals surface area contributed by atoms with Gasteiger partial charge >= 0.3 is 0 Å². The molecule has 0 atom stereocenters. The largest absolute Gasteiger partial charge is 0.378 e. The van der Waals surface area contributed by atoms with Crippen molar-refractivity contribution >= 4 is 0 Å². The topological polar surface area (TPSA) is 128 Å². The normalized spacial score (nSPS) is 11.4. The van der Waals surface area contributed by atoms with Crippen LogP contribution in [-0.2, 0) is 58.7 Å². The summed E-state index contributed by atoms with van der Waals surface area (Å²) in [5.74, 6) is 0. The van der Waals surface area contributed by atoms with Gasteiger partial charge in [0.05, 0.1) is 145 Å². The number of nitrogens with two attached hydrogens (primary N) is 1. The van der Waals surface area contributed by atoms with Crippen molar-refractivity contribution in [3.63, 3.8) is 0 Å². The zero-order valence-corrected chi connectivity index (χ0v) is 24.7. The van der Waals surface area contributed by atoms with E-state index in [9.17, 15) is 0 Å². The molecular formula is C29H53NO11. The van der Waals surface area contributed by atoms with Crippen molar-refractivity contribution in [2.24, 2.45) is 5.73 Å². The van der Waals surface area contributed by atoms with Crippen LogP contribution in [0.5, 0.6) is 0 Å². The Balaban J connectivity index is 1.61. The predicted molar refractivity (Wildman–Crippen MR) is 153 cm³/mol. The SMILES string of the molecule is NCCOCCOCCOCCOCCOCCOCCOCCOCCOCCOCCOCc1ccccc1. The maximum Gasteiger partial charge on any atom is 0.0718 e. The van der Waals surface area contributed by atoms with E-state index in [1.807, 2.05) is 30.3 Å². The van der Waals surface area contributed by atoms with Gasteiger partial charge in [-0.15, -0.1) is 0 Å². The molecule has 0 heterocycles. The monoisotopic (exact) mass is 591 g/mol. The molecule has 12 nitrogen and oxygen atoms in total. The molecule has 41 heavy (non-hydrogen) atoms. The molecule has 1 rings (SSSR count). The number of ether oxygens (including phenoxy) is 11. The number of hydrogen-bond donors (Lipinski definition) is 1. The van der Waals surface area contributed by atoms with Gasteiger partial charge < -0.3 is 57.8 Å². The second-order valence-corrected chi connectivity index (χ2v) is 8.45. The third-order valence-electron chi connectivity index (χ3n) is 5.09. The summed E-state index contributed by atoms with van der Waals surface area (Å²) in [5, 5.41) is 0. The molecule has 0 bridgehead atoms. The van der Waals surface area contributed by atoms with Gasteiger partial charge in [-0.3, -0.25) is 0 Å². The van der Waals surface area contributed by atoms with Gasteiger partial charge in [-0.1, -0.05) is 30.3 Å². The van der Waals surface area contributed by atoms with Crippen LogP contribution < -0.4 is 5.73 Å². The van der Waals surface area contributed by atoms with Gasteiger partial charge in [0, 0.05) is 6.54 Å². The van der Waals surface area contributed by atoms with Crippen LogP contribution in [-0.4, -0.2) is 145 Å². The zero-order valence-electron chi connectivity index (χ0n) is 24.7. The van der Waals surface area contributed by atoms with E-state index in [2.05, 4.69) is 0 Å². The van der Waals surface area contributed by atoms with Crippen LogP contribution in [0.1, 0.15) is 5.56 Å². The molecule has 0 unspecified atom stereocenters.